The summed E-state index contributed by atoms with van der Waals surface area (Å²) in [5, 5.41) is 0. The Morgan fingerprint density at radius 1 is 1.47 bits per heavy atom. The molecule has 0 aromatic carbocycles. The third-order valence-electron chi connectivity index (χ3n) is 2.07. The highest BCUT2D eigenvalue weighted by Crippen LogP contribution is 2.21. The lowest BCUT2D eigenvalue weighted by Crippen LogP contribution is -2.09. The first kappa shape index (κ1) is 9.96. The van der Waals surface area contributed by atoms with Crippen LogP contribution in [0.25, 0.3) is 11.2 Å². The largest absolute Gasteiger partial charge is 0.418 e. The van der Waals surface area contributed by atoms with Gasteiger partial charge in [-0.3, -0.25) is 4.98 Å². The third kappa shape index (κ3) is 2.26. The molecule has 0 fully saturated rings. The lowest BCUT2D eigenvalue weighted by atomic mass is 9.89. The number of oxazole rings is 1. The van der Waals surface area contributed by atoms with Gasteiger partial charge in [0.2, 0.25) is 0 Å². The van der Waals surface area contributed by atoms with Crippen molar-refractivity contribution in [1.29, 1.82) is 0 Å². The quantitative estimate of drug-likeness (QED) is 0.777. The minimum absolute atomic E-state index is 0.200. The first-order valence-corrected chi connectivity index (χ1v) is 4.92. The lowest BCUT2D eigenvalue weighted by Gasteiger charge is -2.17. The minimum atomic E-state index is -0.453. The highest BCUT2D eigenvalue weighted by atomic mass is 16.4. The molecule has 1 N–H and O–H groups in total. The predicted molar refractivity (Wildman–Crippen MR) is 57.8 cm³/mol. The van der Waals surface area contributed by atoms with Crippen molar-refractivity contribution < 1.29 is 4.42 Å². The molecule has 2 aromatic rings. The van der Waals surface area contributed by atoms with Gasteiger partial charge in [0.15, 0.2) is 11.2 Å². The van der Waals surface area contributed by atoms with Gasteiger partial charge in [0.25, 0.3) is 0 Å². The number of aromatic nitrogens is 2. The third-order valence-corrected chi connectivity index (χ3v) is 2.07. The maximum Gasteiger partial charge on any atom is 0.418 e. The Morgan fingerprint density at radius 3 is 2.87 bits per heavy atom. The SMILES string of the molecule is CC(C)(C)Cc1cnc2[nH]c(=O)oc2c1. The Bertz CT molecular complexity index is 531. The maximum absolute atomic E-state index is 10.9. The van der Waals surface area contributed by atoms with Crippen LogP contribution in [0.15, 0.2) is 21.5 Å². The monoisotopic (exact) mass is 206 g/mol. The number of fused-ring (bicyclic) bond motifs is 1. The van der Waals surface area contributed by atoms with E-state index in [9.17, 15) is 4.79 Å². The average molecular weight is 206 g/mol. The summed E-state index contributed by atoms with van der Waals surface area (Å²) in [6, 6.07) is 1.87. The number of nitrogens with one attached hydrogen (secondary N) is 1. The molecule has 0 unspecified atom stereocenters. The minimum Gasteiger partial charge on any atom is -0.406 e. The van der Waals surface area contributed by atoms with Crippen molar-refractivity contribution >= 4 is 11.2 Å². The van der Waals surface area contributed by atoms with Crippen LogP contribution in [0.5, 0.6) is 0 Å². The predicted octanol–water partition coefficient (Wildman–Crippen LogP) is 2.10. The van der Waals surface area contributed by atoms with E-state index < -0.39 is 5.76 Å². The van der Waals surface area contributed by atoms with Gasteiger partial charge in [-0.25, -0.2) is 9.78 Å². The number of nitrogens with zero attached hydrogens (tertiary/aromatic N) is 1. The fourth-order valence-corrected chi connectivity index (χ4v) is 1.59. The molecular weight excluding hydrogens is 192 g/mol. The maximum atomic E-state index is 10.9. The zero-order valence-corrected chi connectivity index (χ0v) is 9.13. The van der Waals surface area contributed by atoms with Crippen LogP contribution in [0, 0.1) is 5.41 Å². The van der Waals surface area contributed by atoms with Gasteiger partial charge in [-0.2, -0.15) is 0 Å². The first-order valence-electron chi connectivity index (χ1n) is 4.92. The van der Waals surface area contributed by atoms with Crippen molar-refractivity contribution in [3.8, 4) is 0 Å². The zero-order valence-electron chi connectivity index (χ0n) is 9.13. The molecule has 0 aliphatic rings. The normalized spacial score (nSPS) is 12.2. The number of aromatic amines is 1. The molecule has 80 valence electrons. The summed E-state index contributed by atoms with van der Waals surface area (Å²) in [6.45, 7) is 6.47. The summed E-state index contributed by atoms with van der Waals surface area (Å²) < 4.78 is 4.95. The summed E-state index contributed by atoms with van der Waals surface area (Å²) in [6.07, 6.45) is 2.68. The molecule has 0 atom stereocenters. The van der Waals surface area contributed by atoms with E-state index in [0.29, 0.717) is 11.2 Å². The van der Waals surface area contributed by atoms with E-state index in [0.717, 1.165) is 12.0 Å². The Labute approximate surface area is 87.3 Å². The number of hydrogen-bond donors (Lipinski definition) is 1. The number of rotatable bonds is 1. The Morgan fingerprint density at radius 2 is 2.20 bits per heavy atom. The van der Waals surface area contributed by atoms with Crippen LogP contribution in [-0.2, 0) is 6.42 Å². The molecule has 4 heteroatoms. The lowest BCUT2D eigenvalue weighted by molar-refractivity contribution is 0.410. The van der Waals surface area contributed by atoms with E-state index in [1.54, 1.807) is 6.20 Å². The molecule has 2 rings (SSSR count). The number of hydrogen-bond acceptors (Lipinski definition) is 3. The molecule has 15 heavy (non-hydrogen) atoms. The summed E-state index contributed by atoms with van der Waals surface area (Å²) in [5.74, 6) is -0.453. The van der Waals surface area contributed by atoms with Crippen molar-refractivity contribution in [2.45, 2.75) is 27.2 Å². The molecule has 0 saturated carbocycles. The molecule has 0 saturated heterocycles. The van der Waals surface area contributed by atoms with Crippen LogP contribution >= 0.6 is 0 Å². The topological polar surface area (TPSA) is 58.9 Å². The van der Waals surface area contributed by atoms with Gasteiger partial charge in [-0.05, 0) is 23.5 Å². The van der Waals surface area contributed by atoms with Crippen LogP contribution in [-0.4, -0.2) is 9.97 Å². The van der Waals surface area contributed by atoms with Gasteiger partial charge in [-0.1, -0.05) is 20.8 Å². The van der Waals surface area contributed by atoms with Crippen LogP contribution in [0.2, 0.25) is 0 Å². The van der Waals surface area contributed by atoms with Crippen LogP contribution in [0.4, 0.5) is 0 Å². The second-order valence-corrected chi connectivity index (χ2v) is 4.94. The summed E-state index contributed by atoms with van der Waals surface area (Å²) in [4.78, 5) is 17.6. The zero-order chi connectivity index (χ0) is 11.1. The summed E-state index contributed by atoms with van der Waals surface area (Å²) in [5.41, 5.74) is 2.32. The van der Waals surface area contributed by atoms with E-state index in [2.05, 4.69) is 30.7 Å². The molecule has 0 bridgehead atoms. The Kier molecular flexibility index (Phi) is 2.14. The van der Waals surface area contributed by atoms with Gasteiger partial charge < -0.3 is 4.42 Å². The van der Waals surface area contributed by atoms with E-state index in [1.165, 1.54) is 0 Å². The molecule has 0 aliphatic heterocycles. The summed E-state index contributed by atoms with van der Waals surface area (Å²) >= 11 is 0. The highest BCUT2D eigenvalue weighted by Gasteiger charge is 2.12. The van der Waals surface area contributed by atoms with Gasteiger partial charge in [0, 0.05) is 6.20 Å². The van der Waals surface area contributed by atoms with Gasteiger partial charge in [0.1, 0.15) is 0 Å². The van der Waals surface area contributed by atoms with E-state index in [4.69, 9.17) is 4.42 Å². The van der Waals surface area contributed by atoms with Crippen LogP contribution in [0.3, 0.4) is 0 Å². The van der Waals surface area contributed by atoms with Gasteiger partial charge in [0.05, 0.1) is 0 Å². The molecule has 0 spiro atoms. The number of H-pyrrole nitrogens is 1. The standard InChI is InChI=1S/C11H14N2O2/c1-11(2,3)5-7-4-8-9(12-6-7)13-10(14)15-8/h4,6H,5H2,1-3H3,(H,12,13,14). The molecule has 2 aromatic heterocycles. The molecule has 0 amide bonds. The van der Waals surface area contributed by atoms with Crippen molar-refractivity contribution in [2.24, 2.45) is 5.41 Å². The fraction of sp³-hybridized carbons (Fsp3) is 0.455. The van der Waals surface area contributed by atoms with Gasteiger partial charge in [-0.15, -0.1) is 0 Å². The van der Waals surface area contributed by atoms with Crippen LogP contribution in [0.1, 0.15) is 26.3 Å². The van der Waals surface area contributed by atoms with Crippen molar-refractivity contribution in [3.63, 3.8) is 0 Å². The van der Waals surface area contributed by atoms with Crippen LogP contribution < -0.4 is 5.76 Å². The first-order chi connectivity index (χ1) is 6.94. The van der Waals surface area contributed by atoms with E-state index in [1.807, 2.05) is 6.07 Å². The van der Waals surface area contributed by atoms with Crippen molar-refractivity contribution in [3.05, 3.63) is 28.4 Å². The summed E-state index contributed by atoms with van der Waals surface area (Å²) in [7, 11) is 0. The molecular formula is C11H14N2O2. The van der Waals surface area contributed by atoms with E-state index >= 15 is 0 Å². The fourth-order valence-electron chi connectivity index (χ4n) is 1.59. The second-order valence-electron chi connectivity index (χ2n) is 4.94. The highest BCUT2D eigenvalue weighted by molar-refractivity contribution is 5.67. The molecule has 0 aliphatic carbocycles. The molecule has 0 radical (unpaired) electrons. The van der Waals surface area contributed by atoms with Gasteiger partial charge >= 0.3 is 5.76 Å². The molecule has 2 heterocycles. The van der Waals surface area contributed by atoms with E-state index in [-0.39, 0.29) is 5.41 Å². The smallest absolute Gasteiger partial charge is 0.406 e. The average Bonchev–Trinajstić information content (AvgIpc) is 2.40. The molecule has 4 nitrogen and oxygen atoms in total. The van der Waals surface area contributed by atoms with Crippen molar-refractivity contribution in [2.75, 3.05) is 0 Å². The van der Waals surface area contributed by atoms with Crippen molar-refractivity contribution in [1.82, 2.24) is 9.97 Å². The Balaban J connectivity index is 2.42. The Hall–Kier alpha value is -1.58. The second kappa shape index (κ2) is 3.22. The number of pyridine rings is 1.